The molecule has 1 radical (unpaired) electrons. The van der Waals surface area contributed by atoms with Crippen LogP contribution >= 0.6 is 0 Å². The number of rotatable bonds is 3. The van der Waals surface area contributed by atoms with E-state index in [0.29, 0.717) is 0 Å². The molecule has 0 saturated carbocycles. The molecule has 2 aromatic carbocycles. The topological polar surface area (TPSA) is 32.5 Å². The molecule has 2 N–H and O–H groups in total. The Morgan fingerprint density at radius 3 is 2.18 bits per heavy atom. The molecule has 0 atom stereocenters. The van der Waals surface area contributed by atoms with Gasteiger partial charge in [0.25, 0.3) is 0 Å². The van der Waals surface area contributed by atoms with E-state index in [1.807, 2.05) is 12.1 Å². The molecule has 22 heavy (non-hydrogen) atoms. The van der Waals surface area contributed by atoms with Crippen molar-refractivity contribution >= 4 is 11.4 Å². The van der Waals surface area contributed by atoms with Gasteiger partial charge in [0.1, 0.15) is 0 Å². The van der Waals surface area contributed by atoms with Crippen LogP contribution in [0, 0.1) is 7.43 Å². The van der Waals surface area contributed by atoms with E-state index >= 15 is 0 Å². The van der Waals surface area contributed by atoms with Crippen LogP contribution in [0.4, 0.5) is 11.4 Å². The summed E-state index contributed by atoms with van der Waals surface area (Å²) in [4.78, 5) is 4.93. The summed E-state index contributed by atoms with van der Waals surface area (Å²) in [5.41, 5.74) is 9.33. The minimum Gasteiger partial charge on any atom is -0.399 e. The van der Waals surface area contributed by atoms with Crippen molar-refractivity contribution in [1.82, 2.24) is 4.90 Å². The number of anilines is 2. The summed E-state index contributed by atoms with van der Waals surface area (Å²) < 4.78 is 0. The molecule has 1 heterocycles. The van der Waals surface area contributed by atoms with Gasteiger partial charge in [0.05, 0.1) is 0 Å². The van der Waals surface area contributed by atoms with Gasteiger partial charge in [-0.3, -0.25) is 4.90 Å². The fraction of sp³-hybridized carbons (Fsp3) is 0.278. The number of hydrogen-bond acceptors (Lipinski definition) is 3. The summed E-state index contributed by atoms with van der Waals surface area (Å²) in [5, 5.41) is 0. The van der Waals surface area contributed by atoms with Crippen molar-refractivity contribution in [3.8, 4) is 0 Å². The zero-order valence-electron chi connectivity index (χ0n) is 13.3. The van der Waals surface area contributed by atoms with E-state index in [9.17, 15) is 0 Å². The van der Waals surface area contributed by atoms with E-state index in [1.165, 1.54) is 11.3 Å². The summed E-state index contributed by atoms with van der Waals surface area (Å²) >= 11 is 0. The van der Waals surface area contributed by atoms with E-state index in [-0.39, 0.29) is 40.1 Å². The van der Waals surface area contributed by atoms with Crippen molar-refractivity contribution in [1.29, 1.82) is 0 Å². The summed E-state index contributed by atoms with van der Waals surface area (Å²) in [7, 11) is 0. The van der Waals surface area contributed by atoms with Crippen molar-refractivity contribution in [2.24, 2.45) is 0 Å². The second-order valence-corrected chi connectivity index (χ2v) is 5.34. The van der Waals surface area contributed by atoms with Gasteiger partial charge in [-0.1, -0.05) is 36.4 Å². The zero-order valence-corrected chi connectivity index (χ0v) is 16.1. The number of nitrogen functional groups attached to an aromatic ring is 1. The SMILES string of the molecule is Nc1cccc(N2CCN(Cc3ccccc3)CC2)c1.[CH3-].[Y]. The van der Waals surface area contributed by atoms with E-state index in [2.05, 4.69) is 52.3 Å². The van der Waals surface area contributed by atoms with E-state index in [4.69, 9.17) is 5.73 Å². The molecule has 0 aromatic heterocycles. The predicted octanol–water partition coefficient (Wildman–Crippen LogP) is 3.04. The molecule has 2 aromatic rings. The van der Waals surface area contributed by atoms with Crippen molar-refractivity contribution in [3.63, 3.8) is 0 Å². The van der Waals surface area contributed by atoms with Crippen LogP contribution in [0.1, 0.15) is 5.56 Å². The molecule has 0 spiro atoms. The van der Waals surface area contributed by atoms with Gasteiger partial charge in [-0.25, -0.2) is 0 Å². The minimum atomic E-state index is 0. The van der Waals surface area contributed by atoms with Crippen LogP contribution in [0.2, 0.25) is 0 Å². The van der Waals surface area contributed by atoms with Gasteiger partial charge in [-0.05, 0) is 23.8 Å². The van der Waals surface area contributed by atoms with Gasteiger partial charge in [0, 0.05) is 76.8 Å². The van der Waals surface area contributed by atoms with Crippen LogP contribution in [0.3, 0.4) is 0 Å². The maximum atomic E-state index is 5.86. The molecule has 0 unspecified atom stereocenters. The smallest absolute Gasteiger partial charge is 0.0387 e. The van der Waals surface area contributed by atoms with E-state index in [0.717, 1.165) is 38.4 Å². The number of nitrogens with two attached hydrogens (primary N) is 1. The van der Waals surface area contributed by atoms with Gasteiger partial charge in [0.2, 0.25) is 0 Å². The van der Waals surface area contributed by atoms with Crippen LogP contribution in [0.25, 0.3) is 0 Å². The molecule has 3 nitrogen and oxygen atoms in total. The number of hydrogen-bond donors (Lipinski definition) is 1. The molecule has 0 aliphatic carbocycles. The summed E-state index contributed by atoms with van der Waals surface area (Å²) in [6.45, 7) is 5.38. The van der Waals surface area contributed by atoms with E-state index < -0.39 is 0 Å². The van der Waals surface area contributed by atoms with Gasteiger partial charge < -0.3 is 18.1 Å². The molecule has 1 aliphatic rings. The quantitative estimate of drug-likeness (QED) is 0.665. The molecule has 0 bridgehead atoms. The van der Waals surface area contributed by atoms with Crippen molar-refractivity contribution in [3.05, 3.63) is 67.6 Å². The fourth-order valence-electron chi connectivity index (χ4n) is 2.73. The summed E-state index contributed by atoms with van der Waals surface area (Å²) in [6, 6.07) is 18.9. The normalized spacial score (nSPS) is 14.8. The number of piperazine rings is 1. The Kier molecular flexibility index (Phi) is 8.09. The van der Waals surface area contributed by atoms with E-state index in [1.54, 1.807) is 0 Å². The predicted molar refractivity (Wildman–Crippen MR) is 91.2 cm³/mol. The first kappa shape index (κ1) is 19.2. The standard InChI is InChI=1S/C17H21N3.CH3.Y/c18-16-7-4-8-17(13-16)20-11-9-19(10-12-20)14-15-5-2-1-3-6-15;;/h1-8,13H,9-12,14,18H2;1H3;/q;-1;. The van der Waals surface area contributed by atoms with Crippen LogP contribution in [0.15, 0.2) is 54.6 Å². The maximum absolute atomic E-state index is 5.86. The molecule has 115 valence electrons. The Balaban J connectivity index is 0.00000121. The number of nitrogens with zero attached hydrogens (tertiary/aromatic N) is 2. The monoisotopic (exact) mass is 371 g/mol. The molecular formula is C18H24N3Y-. The van der Waals surface area contributed by atoms with Gasteiger partial charge >= 0.3 is 0 Å². The molecular weight excluding hydrogens is 347 g/mol. The van der Waals surface area contributed by atoms with Crippen LogP contribution in [0.5, 0.6) is 0 Å². The van der Waals surface area contributed by atoms with Crippen LogP contribution < -0.4 is 10.6 Å². The Morgan fingerprint density at radius 1 is 0.864 bits per heavy atom. The Labute approximate surface area is 159 Å². The third-order valence-corrected chi connectivity index (χ3v) is 3.86. The zero-order chi connectivity index (χ0) is 13.8. The first-order chi connectivity index (χ1) is 9.81. The molecule has 1 fully saturated rings. The molecule has 1 saturated heterocycles. The Morgan fingerprint density at radius 2 is 1.55 bits per heavy atom. The first-order valence-electron chi connectivity index (χ1n) is 7.18. The summed E-state index contributed by atoms with van der Waals surface area (Å²) in [5.74, 6) is 0. The average molecular weight is 371 g/mol. The van der Waals surface area contributed by atoms with Crippen molar-refractivity contribution < 1.29 is 32.7 Å². The number of benzene rings is 2. The van der Waals surface area contributed by atoms with Crippen molar-refractivity contribution in [2.75, 3.05) is 36.8 Å². The average Bonchev–Trinajstić information content (AvgIpc) is 2.49. The molecule has 0 amide bonds. The van der Waals surface area contributed by atoms with Crippen LogP contribution in [-0.2, 0) is 39.3 Å². The van der Waals surface area contributed by atoms with Gasteiger partial charge in [-0.15, -0.1) is 0 Å². The molecule has 4 heteroatoms. The third-order valence-electron chi connectivity index (χ3n) is 3.86. The molecule has 3 rings (SSSR count). The Bertz CT molecular complexity index is 551. The second-order valence-electron chi connectivity index (χ2n) is 5.34. The minimum absolute atomic E-state index is 0. The second kappa shape index (κ2) is 9.29. The fourth-order valence-corrected chi connectivity index (χ4v) is 2.73. The largest absolute Gasteiger partial charge is 0.399 e. The van der Waals surface area contributed by atoms with Crippen molar-refractivity contribution in [2.45, 2.75) is 6.54 Å². The van der Waals surface area contributed by atoms with Crippen LogP contribution in [-0.4, -0.2) is 31.1 Å². The van der Waals surface area contributed by atoms with Gasteiger partial charge in [0.15, 0.2) is 0 Å². The summed E-state index contributed by atoms with van der Waals surface area (Å²) in [6.07, 6.45) is 0. The molecule has 1 aliphatic heterocycles. The Hall–Kier alpha value is -0.896. The van der Waals surface area contributed by atoms with Gasteiger partial charge in [-0.2, -0.15) is 0 Å². The maximum Gasteiger partial charge on any atom is 0.0387 e. The third kappa shape index (κ3) is 5.08. The first-order valence-corrected chi connectivity index (χ1v) is 7.18.